The van der Waals surface area contributed by atoms with Crippen molar-refractivity contribution in [1.82, 2.24) is 5.32 Å². The van der Waals surface area contributed by atoms with Crippen LogP contribution in [0, 0.1) is 29.2 Å². The first-order valence-corrected chi connectivity index (χ1v) is 7.83. The Morgan fingerprint density at radius 2 is 1.65 bits per heavy atom. The number of carbonyl (C=O) groups excluding carboxylic acids is 2. The largest absolute Gasteiger partial charge is 0.347 e. The second kappa shape index (κ2) is 7.15. The standard InChI is InChI=1S/C18H14F4N2O2/c19-10-3-1-9(2-4-10)11-7-12(11)18(26)23-8-15(25)24-14-6-5-13(20)16(21)17(14)22/h1-6,11-12H,7-8H2,(H,23,26)(H,24,25). The van der Waals surface area contributed by atoms with Crippen molar-refractivity contribution in [2.75, 3.05) is 11.9 Å². The molecule has 1 saturated carbocycles. The molecule has 3 rings (SSSR count). The predicted molar refractivity (Wildman–Crippen MR) is 85.2 cm³/mol. The molecule has 2 amide bonds. The van der Waals surface area contributed by atoms with Crippen LogP contribution < -0.4 is 10.6 Å². The summed E-state index contributed by atoms with van der Waals surface area (Å²) >= 11 is 0. The monoisotopic (exact) mass is 366 g/mol. The third kappa shape index (κ3) is 3.84. The lowest BCUT2D eigenvalue weighted by Gasteiger charge is -2.08. The maximum atomic E-state index is 13.5. The van der Waals surface area contributed by atoms with Crippen LogP contribution in [0.5, 0.6) is 0 Å². The van der Waals surface area contributed by atoms with Crippen LogP contribution in [-0.2, 0) is 9.59 Å². The minimum absolute atomic E-state index is 0.0395. The normalized spacial score (nSPS) is 18.3. The highest BCUT2D eigenvalue weighted by Gasteiger charge is 2.43. The number of carbonyl (C=O) groups is 2. The van der Waals surface area contributed by atoms with Crippen molar-refractivity contribution in [2.24, 2.45) is 5.92 Å². The molecule has 4 nitrogen and oxygen atoms in total. The van der Waals surface area contributed by atoms with Crippen LogP contribution in [-0.4, -0.2) is 18.4 Å². The van der Waals surface area contributed by atoms with E-state index in [-0.39, 0.29) is 23.6 Å². The van der Waals surface area contributed by atoms with Crippen LogP contribution in [0.15, 0.2) is 36.4 Å². The minimum Gasteiger partial charge on any atom is -0.347 e. The highest BCUT2D eigenvalue weighted by Crippen LogP contribution is 2.47. The zero-order valence-corrected chi connectivity index (χ0v) is 13.4. The molecule has 0 aromatic heterocycles. The molecule has 0 aliphatic heterocycles. The summed E-state index contributed by atoms with van der Waals surface area (Å²) in [5.74, 6) is -6.43. The van der Waals surface area contributed by atoms with Gasteiger partial charge in [0, 0.05) is 5.92 Å². The van der Waals surface area contributed by atoms with Crippen LogP contribution >= 0.6 is 0 Å². The third-order valence-corrected chi connectivity index (χ3v) is 4.16. The molecule has 2 atom stereocenters. The number of hydrogen-bond acceptors (Lipinski definition) is 2. The number of anilines is 1. The molecular weight excluding hydrogens is 352 g/mol. The second-order valence-corrected chi connectivity index (χ2v) is 5.99. The van der Waals surface area contributed by atoms with Crippen LogP contribution in [0.4, 0.5) is 23.2 Å². The molecule has 26 heavy (non-hydrogen) atoms. The first-order chi connectivity index (χ1) is 12.4. The Hall–Kier alpha value is -2.90. The van der Waals surface area contributed by atoms with Gasteiger partial charge >= 0.3 is 0 Å². The Morgan fingerprint density at radius 1 is 0.962 bits per heavy atom. The van der Waals surface area contributed by atoms with Crippen molar-refractivity contribution < 1.29 is 27.2 Å². The summed E-state index contributed by atoms with van der Waals surface area (Å²) in [4.78, 5) is 23.8. The Morgan fingerprint density at radius 3 is 2.35 bits per heavy atom. The van der Waals surface area contributed by atoms with E-state index in [1.165, 1.54) is 12.1 Å². The zero-order valence-electron chi connectivity index (χ0n) is 13.4. The summed E-state index contributed by atoms with van der Waals surface area (Å²) in [5.41, 5.74) is 0.318. The summed E-state index contributed by atoms with van der Waals surface area (Å²) in [6, 6.07) is 7.40. The Balaban J connectivity index is 1.50. The van der Waals surface area contributed by atoms with Gasteiger partial charge in [-0.15, -0.1) is 0 Å². The SMILES string of the molecule is O=C(CNC(=O)C1CC1c1ccc(F)cc1)Nc1ccc(F)c(F)c1F. The molecule has 1 aliphatic carbocycles. The van der Waals surface area contributed by atoms with Crippen LogP contribution in [0.2, 0.25) is 0 Å². The van der Waals surface area contributed by atoms with Gasteiger partial charge in [0.15, 0.2) is 17.5 Å². The van der Waals surface area contributed by atoms with Gasteiger partial charge in [-0.3, -0.25) is 9.59 Å². The molecule has 1 aliphatic rings. The van der Waals surface area contributed by atoms with Crippen LogP contribution in [0.25, 0.3) is 0 Å². The molecule has 0 radical (unpaired) electrons. The summed E-state index contributed by atoms with van der Waals surface area (Å²) in [7, 11) is 0. The van der Waals surface area contributed by atoms with E-state index in [1.54, 1.807) is 12.1 Å². The van der Waals surface area contributed by atoms with Gasteiger partial charge in [-0.05, 0) is 42.2 Å². The fourth-order valence-corrected chi connectivity index (χ4v) is 2.68. The quantitative estimate of drug-likeness (QED) is 0.631. The lowest BCUT2D eigenvalue weighted by Crippen LogP contribution is -2.34. The zero-order chi connectivity index (χ0) is 18.8. The molecular formula is C18H14F4N2O2. The van der Waals surface area contributed by atoms with Gasteiger partial charge in [-0.2, -0.15) is 0 Å². The molecule has 2 N–H and O–H groups in total. The minimum atomic E-state index is -1.69. The number of halogens is 4. The molecule has 0 bridgehead atoms. The number of rotatable bonds is 5. The molecule has 2 aromatic carbocycles. The number of nitrogens with one attached hydrogen (secondary N) is 2. The van der Waals surface area contributed by atoms with E-state index in [9.17, 15) is 27.2 Å². The lowest BCUT2D eigenvalue weighted by atomic mass is 10.1. The maximum Gasteiger partial charge on any atom is 0.243 e. The fourth-order valence-electron chi connectivity index (χ4n) is 2.68. The Kier molecular flexibility index (Phi) is 4.92. The smallest absolute Gasteiger partial charge is 0.243 e. The van der Waals surface area contributed by atoms with Crippen LogP contribution in [0.3, 0.4) is 0 Å². The summed E-state index contributed by atoms with van der Waals surface area (Å²) in [6.07, 6.45) is 0.580. The average Bonchev–Trinajstić information content (AvgIpc) is 3.42. The maximum absolute atomic E-state index is 13.5. The topological polar surface area (TPSA) is 58.2 Å². The summed E-state index contributed by atoms with van der Waals surface area (Å²) in [5, 5.41) is 4.47. The van der Waals surface area contributed by atoms with Gasteiger partial charge < -0.3 is 10.6 Å². The van der Waals surface area contributed by atoms with Crippen molar-refractivity contribution >= 4 is 17.5 Å². The molecule has 0 saturated heterocycles. The van der Waals surface area contributed by atoms with Gasteiger partial charge in [0.1, 0.15) is 5.82 Å². The van der Waals surface area contributed by atoms with Gasteiger partial charge in [0.25, 0.3) is 0 Å². The van der Waals surface area contributed by atoms with Crippen molar-refractivity contribution in [3.8, 4) is 0 Å². The highest BCUT2D eigenvalue weighted by atomic mass is 19.2. The fraction of sp³-hybridized carbons (Fsp3) is 0.222. The van der Waals surface area contributed by atoms with Gasteiger partial charge in [0.2, 0.25) is 11.8 Å². The molecule has 1 fully saturated rings. The number of hydrogen-bond donors (Lipinski definition) is 2. The highest BCUT2D eigenvalue weighted by molar-refractivity contribution is 5.95. The van der Waals surface area contributed by atoms with E-state index in [2.05, 4.69) is 10.6 Å². The Bertz CT molecular complexity index is 855. The van der Waals surface area contributed by atoms with Gasteiger partial charge in [-0.25, -0.2) is 17.6 Å². The number of benzene rings is 2. The van der Waals surface area contributed by atoms with Crippen molar-refractivity contribution in [3.05, 3.63) is 65.2 Å². The lowest BCUT2D eigenvalue weighted by molar-refractivity contribution is -0.125. The molecule has 2 unspecified atom stereocenters. The van der Waals surface area contributed by atoms with E-state index in [1.807, 2.05) is 0 Å². The van der Waals surface area contributed by atoms with E-state index >= 15 is 0 Å². The number of amides is 2. The molecule has 8 heteroatoms. The molecule has 2 aromatic rings. The van der Waals surface area contributed by atoms with Gasteiger partial charge in [-0.1, -0.05) is 12.1 Å². The summed E-state index contributed by atoms with van der Waals surface area (Å²) < 4.78 is 52.3. The van der Waals surface area contributed by atoms with Crippen molar-refractivity contribution in [1.29, 1.82) is 0 Å². The Labute approximate surface area is 146 Å². The predicted octanol–water partition coefficient (Wildman–Crippen LogP) is 3.10. The van der Waals surface area contributed by atoms with Crippen LogP contribution in [0.1, 0.15) is 17.9 Å². The van der Waals surface area contributed by atoms with E-state index in [0.717, 1.165) is 11.6 Å². The molecule has 136 valence electrons. The van der Waals surface area contributed by atoms with E-state index in [4.69, 9.17) is 0 Å². The molecule has 0 heterocycles. The first kappa shape index (κ1) is 17.9. The molecule has 0 spiro atoms. The van der Waals surface area contributed by atoms with Crippen molar-refractivity contribution in [2.45, 2.75) is 12.3 Å². The van der Waals surface area contributed by atoms with E-state index < -0.39 is 35.6 Å². The van der Waals surface area contributed by atoms with Crippen molar-refractivity contribution in [3.63, 3.8) is 0 Å². The first-order valence-electron chi connectivity index (χ1n) is 7.83. The van der Waals surface area contributed by atoms with E-state index in [0.29, 0.717) is 12.5 Å². The average molecular weight is 366 g/mol. The third-order valence-electron chi connectivity index (χ3n) is 4.16. The second-order valence-electron chi connectivity index (χ2n) is 5.99. The summed E-state index contributed by atoms with van der Waals surface area (Å²) in [6.45, 7) is -0.441. The van der Waals surface area contributed by atoms with Gasteiger partial charge in [0.05, 0.1) is 12.2 Å².